The van der Waals surface area contributed by atoms with Crippen LogP contribution in [-0.2, 0) is 16.0 Å². The molecule has 2 amide bonds. The van der Waals surface area contributed by atoms with Crippen LogP contribution in [0.15, 0.2) is 22.0 Å². The standard InChI is InChI=1S/C18H24N4O4S/c1-13(2)12-25-18(24)22-9-7-21(8-10-22)16(23)6-5-15-19-17(20-26-15)14-4-3-11-27-14/h3-4,11,13H,5-10,12H2,1-2H3. The van der Waals surface area contributed by atoms with Crippen LogP contribution in [0.25, 0.3) is 10.7 Å². The Hall–Kier alpha value is -2.42. The molecule has 8 nitrogen and oxygen atoms in total. The van der Waals surface area contributed by atoms with Gasteiger partial charge in [-0.2, -0.15) is 4.98 Å². The van der Waals surface area contributed by atoms with Crippen LogP contribution in [0.3, 0.4) is 0 Å². The molecular weight excluding hydrogens is 368 g/mol. The van der Waals surface area contributed by atoms with Gasteiger partial charge in [0.15, 0.2) is 0 Å². The van der Waals surface area contributed by atoms with Gasteiger partial charge in [0.1, 0.15) is 0 Å². The fourth-order valence-corrected chi connectivity index (χ4v) is 3.35. The Morgan fingerprint density at radius 3 is 2.67 bits per heavy atom. The average molecular weight is 392 g/mol. The number of hydrogen-bond donors (Lipinski definition) is 0. The second kappa shape index (κ2) is 8.98. The van der Waals surface area contributed by atoms with Gasteiger partial charge in [-0.25, -0.2) is 4.79 Å². The first kappa shape index (κ1) is 19.3. The number of thiophene rings is 1. The molecule has 0 N–H and O–H groups in total. The molecule has 0 atom stereocenters. The number of piperazine rings is 1. The minimum Gasteiger partial charge on any atom is -0.449 e. The van der Waals surface area contributed by atoms with Gasteiger partial charge in [-0.1, -0.05) is 25.1 Å². The molecule has 0 radical (unpaired) electrons. The van der Waals surface area contributed by atoms with Gasteiger partial charge in [-0.3, -0.25) is 4.79 Å². The van der Waals surface area contributed by atoms with E-state index in [0.29, 0.717) is 63.3 Å². The van der Waals surface area contributed by atoms with Crippen molar-refractivity contribution in [1.29, 1.82) is 0 Å². The van der Waals surface area contributed by atoms with Crippen molar-refractivity contribution < 1.29 is 18.8 Å². The number of carbonyl (C=O) groups excluding carboxylic acids is 2. The van der Waals surface area contributed by atoms with Gasteiger partial charge in [0.05, 0.1) is 11.5 Å². The summed E-state index contributed by atoms with van der Waals surface area (Å²) in [6.07, 6.45) is 0.417. The highest BCUT2D eigenvalue weighted by atomic mass is 32.1. The lowest BCUT2D eigenvalue weighted by Gasteiger charge is -2.34. The van der Waals surface area contributed by atoms with Crippen molar-refractivity contribution in [2.45, 2.75) is 26.7 Å². The van der Waals surface area contributed by atoms with Crippen LogP contribution in [0, 0.1) is 5.92 Å². The summed E-state index contributed by atoms with van der Waals surface area (Å²) in [5, 5.41) is 5.90. The molecule has 0 aliphatic carbocycles. The molecule has 3 heterocycles. The number of hydrogen-bond acceptors (Lipinski definition) is 7. The molecule has 2 aromatic rings. The maximum absolute atomic E-state index is 12.4. The van der Waals surface area contributed by atoms with E-state index in [1.54, 1.807) is 21.1 Å². The van der Waals surface area contributed by atoms with Crippen LogP contribution in [0.1, 0.15) is 26.2 Å². The highest BCUT2D eigenvalue weighted by Gasteiger charge is 2.25. The molecular formula is C18H24N4O4S. The van der Waals surface area contributed by atoms with Crippen molar-refractivity contribution >= 4 is 23.3 Å². The van der Waals surface area contributed by atoms with Gasteiger partial charge in [0.2, 0.25) is 17.6 Å². The van der Waals surface area contributed by atoms with Crippen molar-refractivity contribution in [2.24, 2.45) is 5.92 Å². The number of ether oxygens (including phenoxy) is 1. The largest absolute Gasteiger partial charge is 0.449 e. The summed E-state index contributed by atoms with van der Waals surface area (Å²) in [6, 6.07) is 3.86. The van der Waals surface area contributed by atoms with Gasteiger partial charge >= 0.3 is 6.09 Å². The monoisotopic (exact) mass is 392 g/mol. The first-order valence-corrected chi connectivity index (χ1v) is 9.97. The third-order valence-electron chi connectivity index (χ3n) is 4.19. The lowest BCUT2D eigenvalue weighted by atomic mass is 10.2. The molecule has 27 heavy (non-hydrogen) atoms. The van der Waals surface area contributed by atoms with E-state index in [2.05, 4.69) is 10.1 Å². The Morgan fingerprint density at radius 2 is 2.00 bits per heavy atom. The van der Waals surface area contributed by atoms with E-state index >= 15 is 0 Å². The van der Waals surface area contributed by atoms with Gasteiger partial charge < -0.3 is 19.1 Å². The molecule has 0 unspecified atom stereocenters. The lowest BCUT2D eigenvalue weighted by molar-refractivity contribution is -0.132. The van der Waals surface area contributed by atoms with Crippen molar-refractivity contribution in [3.05, 3.63) is 23.4 Å². The molecule has 1 saturated heterocycles. The maximum Gasteiger partial charge on any atom is 0.409 e. The quantitative estimate of drug-likeness (QED) is 0.751. The van der Waals surface area contributed by atoms with E-state index in [4.69, 9.17) is 9.26 Å². The van der Waals surface area contributed by atoms with Gasteiger partial charge in [0, 0.05) is 39.0 Å². The van der Waals surface area contributed by atoms with Gasteiger partial charge in [-0.05, 0) is 17.4 Å². The molecule has 1 aliphatic heterocycles. The fraction of sp³-hybridized carbons (Fsp3) is 0.556. The summed E-state index contributed by atoms with van der Waals surface area (Å²) >= 11 is 1.54. The summed E-state index contributed by atoms with van der Waals surface area (Å²) in [7, 11) is 0. The van der Waals surface area contributed by atoms with Gasteiger partial charge in [-0.15, -0.1) is 11.3 Å². The van der Waals surface area contributed by atoms with E-state index in [1.165, 1.54) is 0 Å². The van der Waals surface area contributed by atoms with Crippen molar-refractivity contribution in [3.63, 3.8) is 0 Å². The highest BCUT2D eigenvalue weighted by Crippen LogP contribution is 2.21. The Labute approximate surface area is 162 Å². The Bertz CT molecular complexity index is 751. The first-order valence-electron chi connectivity index (χ1n) is 9.09. The zero-order valence-electron chi connectivity index (χ0n) is 15.6. The summed E-state index contributed by atoms with van der Waals surface area (Å²) in [6.45, 7) is 6.42. The molecule has 3 rings (SSSR count). The van der Waals surface area contributed by atoms with Crippen LogP contribution >= 0.6 is 11.3 Å². The molecule has 9 heteroatoms. The fourth-order valence-electron chi connectivity index (χ4n) is 2.70. The number of nitrogens with zero attached hydrogens (tertiary/aromatic N) is 4. The summed E-state index contributed by atoms with van der Waals surface area (Å²) < 4.78 is 10.5. The SMILES string of the molecule is CC(C)COC(=O)N1CCN(C(=O)CCc2nc(-c3cccs3)no2)CC1. The van der Waals surface area contributed by atoms with E-state index in [9.17, 15) is 9.59 Å². The second-order valence-electron chi connectivity index (χ2n) is 6.83. The Balaban J connectivity index is 1.41. The van der Waals surface area contributed by atoms with E-state index < -0.39 is 0 Å². The smallest absolute Gasteiger partial charge is 0.409 e. The number of aryl methyl sites for hydroxylation is 1. The normalized spacial score (nSPS) is 14.6. The van der Waals surface area contributed by atoms with Gasteiger partial charge in [0.25, 0.3) is 0 Å². The molecule has 0 saturated carbocycles. The summed E-state index contributed by atoms with van der Waals surface area (Å²) in [5.74, 6) is 1.35. The average Bonchev–Trinajstić information content (AvgIpc) is 3.35. The van der Waals surface area contributed by atoms with E-state index in [1.807, 2.05) is 31.4 Å². The summed E-state index contributed by atoms with van der Waals surface area (Å²) in [5.41, 5.74) is 0. The van der Waals surface area contributed by atoms with E-state index in [-0.39, 0.29) is 12.0 Å². The van der Waals surface area contributed by atoms with Crippen molar-refractivity contribution in [3.8, 4) is 10.7 Å². The maximum atomic E-state index is 12.4. The Kier molecular flexibility index (Phi) is 6.44. The number of carbonyl (C=O) groups is 2. The first-order chi connectivity index (χ1) is 13.0. The minimum absolute atomic E-state index is 0.0288. The second-order valence-corrected chi connectivity index (χ2v) is 7.78. The topological polar surface area (TPSA) is 88.8 Å². The molecule has 1 aliphatic rings. The van der Waals surface area contributed by atoms with Crippen LogP contribution in [0.2, 0.25) is 0 Å². The predicted molar refractivity (Wildman–Crippen MR) is 100 cm³/mol. The number of amides is 2. The third kappa shape index (κ3) is 5.29. The zero-order chi connectivity index (χ0) is 19.2. The zero-order valence-corrected chi connectivity index (χ0v) is 16.4. The van der Waals surface area contributed by atoms with Crippen LogP contribution in [0.5, 0.6) is 0 Å². The summed E-state index contributed by atoms with van der Waals surface area (Å²) in [4.78, 5) is 33.1. The molecule has 1 fully saturated rings. The molecule has 0 aromatic carbocycles. The molecule has 146 valence electrons. The predicted octanol–water partition coefficient (Wildman–Crippen LogP) is 2.67. The van der Waals surface area contributed by atoms with Crippen LogP contribution in [0.4, 0.5) is 4.79 Å². The van der Waals surface area contributed by atoms with Crippen LogP contribution < -0.4 is 0 Å². The molecule has 0 spiro atoms. The van der Waals surface area contributed by atoms with Crippen molar-refractivity contribution in [1.82, 2.24) is 19.9 Å². The minimum atomic E-state index is -0.303. The Morgan fingerprint density at radius 1 is 1.26 bits per heavy atom. The molecule has 0 bridgehead atoms. The van der Waals surface area contributed by atoms with Crippen LogP contribution in [-0.4, -0.2) is 64.7 Å². The lowest BCUT2D eigenvalue weighted by Crippen LogP contribution is -2.50. The third-order valence-corrected chi connectivity index (χ3v) is 5.06. The highest BCUT2D eigenvalue weighted by molar-refractivity contribution is 7.13. The number of aromatic nitrogens is 2. The van der Waals surface area contributed by atoms with Crippen molar-refractivity contribution in [2.75, 3.05) is 32.8 Å². The molecule has 2 aromatic heterocycles. The van der Waals surface area contributed by atoms with E-state index in [0.717, 1.165) is 4.88 Å². The number of rotatable bonds is 6.